The van der Waals surface area contributed by atoms with Gasteiger partial charge in [-0.05, 0) is 51.4 Å². The van der Waals surface area contributed by atoms with E-state index in [0.29, 0.717) is 0 Å². The van der Waals surface area contributed by atoms with Crippen molar-refractivity contribution in [3.05, 3.63) is 73.4 Å². The average molecular weight is 284 g/mol. The first-order valence-electron chi connectivity index (χ1n) is 8.27. The Morgan fingerprint density at radius 1 is 0.571 bits per heavy atom. The predicted octanol–water partition coefficient (Wildman–Crippen LogP) is 7.09. The van der Waals surface area contributed by atoms with Crippen LogP contribution in [0.2, 0.25) is 0 Å². The van der Waals surface area contributed by atoms with Crippen LogP contribution in [-0.4, -0.2) is 0 Å². The van der Waals surface area contributed by atoms with Gasteiger partial charge < -0.3 is 0 Å². The molecule has 0 aliphatic heterocycles. The summed E-state index contributed by atoms with van der Waals surface area (Å²) < 4.78 is 0. The van der Waals surface area contributed by atoms with Crippen LogP contribution in [0.5, 0.6) is 0 Å². The SMILES string of the molecule is C=CCCC/C=C\C/C=C\C/C=C\C/C=C\C/C=C\CC. The van der Waals surface area contributed by atoms with Crippen LogP contribution in [0.15, 0.2) is 73.4 Å². The predicted molar refractivity (Wildman–Crippen MR) is 98.5 cm³/mol. The third-order valence-electron chi connectivity index (χ3n) is 2.94. The molecule has 0 aromatic carbocycles. The van der Waals surface area contributed by atoms with E-state index >= 15 is 0 Å². The van der Waals surface area contributed by atoms with Gasteiger partial charge in [0.15, 0.2) is 0 Å². The smallest absolute Gasteiger partial charge is 0.0169 e. The Bertz CT molecular complexity index is 350. The third kappa shape index (κ3) is 18.4. The van der Waals surface area contributed by atoms with Crippen molar-refractivity contribution in [3.63, 3.8) is 0 Å². The summed E-state index contributed by atoms with van der Waals surface area (Å²) in [5.41, 5.74) is 0. The van der Waals surface area contributed by atoms with Gasteiger partial charge in [0.05, 0.1) is 0 Å². The van der Waals surface area contributed by atoms with Gasteiger partial charge in [0.25, 0.3) is 0 Å². The van der Waals surface area contributed by atoms with Crippen LogP contribution in [0.3, 0.4) is 0 Å². The van der Waals surface area contributed by atoms with Crippen molar-refractivity contribution in [1.82, 2.24) is 0 Å². The van der Waals surface area contributed by atoms with Crippen molar-refractivity contribution >= 4 is 0 Å². The Morgan fingerprint density at radius 3 is 1.43 bits per heavy atom. The molecule has 0 N–H and O–H groups in total. The Morgan fingerprint density at radius 2 is 1.00 bits per heavy atom. The van der Waals surface area contributed by atoms with Crippen LogP contribution in [0, 0.1) is 0 Å². The zero-order chi connectivity index (χ0) is 15.4. The summed E-state index contributed by atoms with van der Waals surface area (Å²) in [5.74, 6) is 0. The largest absolute Gasteiger partial charge is 0.103 e. The topological polar surface area (TPSA) is 0 Å². The lowest BCUT2D eigenvalue weighted by Crippen LogP contribution is -1.68. The van der Waals surface area contributed by atoms with Gasteiger partial charge in [-0.3, -0.25) is 0 Å². The summed E-state index contributed by atoms with van der Waals surface area (Å²) in [4.78, 5) is 0. The summed E-state index contributed by atoms with van der Waals surface area (Å²) in [6.07, 6.45) is 33.1. The Labute approximate surface area is 132 Å². The van der Waals surface area contributed by atoms with Crippen molar-refractivity contribution < 1.29 is 0 Å². The monoisotopic (exact) mass is 284 g/mol. The molecule has 0 aromatic rings. The maximum atomic E-state index is 3.72. The molecule has 0 heterocycles. The molecule has 0 rings (SSSR count). The highest BCUT2D eigenvalue weighted by molar-refractivity contribution is 5.00. The number of allylic oxidation sites excluding steroid dienone is 11. The Balaban J connectivity index is 3.43. The molecule has 0 nitrogen and oxygen atoms in total. The van der Waals surface area contributed by atoms with E-state index in [2.05, 4.69) is 74.3 Å². The molecule has 0 aromatic heterocycles. The molecule has 0 atom stereocenters. The molecular weight excluding hydrogens is 252 g/mol. The number of hydrogen-bond acceptors (Lipinski definition) is 0. The van der Waals surface area contributed by atoms with Crippen LogP contribution in [-0.2, 0) is 0 Å². The lowest BCUT2D eigenvalue weighted by Gasteiger charge is -1.88. The molecule has 21 heavy (non-hydrogen) atoms. The van der Waals surface area contributed by atoms with Crippen LogP contribution in [0.1, 0.15) is 58.3 Å². The highest BCUT2D eigenvalue weighted by atomic mass is 13.8. The second-order valence-corrected chi connectivity index (χ2v) is 4.93. The molecule has 0 fully saturated rings. The molecule has 0 saturated heterocycles. The van der Waals surface area contributed by atoms with Crippen LogP contribution >= 0.6 is 0 Å². The first-order valence-corrected chi connectivity index (χ1v) is 8.27. The average Bonchev–Trinajstić information content (AvgIpc) is 2.50. The summed E-state index contributed by atoms with van der Waals surface area (Å²) in [7, 11) is 0. The second-order valence-electron chi connectivity index (χ2n) is 4.93. The molecule has 0 aliphatic carbocycles. The molecule has 0 saturated carbocycles. The molecule has 0 radical (unpaired) electrons. The van der Waals surface area contributed by atoms with Gasteiger partial charge in [0.1, 0.15) is 0 Å². The van der Waals surface area contributed by atoms with Crippen LogP contribution in [0.25, 0.3) is 0 Å². The minimum Gasteiger partial charge on any atom is -0.103 e. The van der Waals surface area contributed by atoms with E-state index in [1.165, 1.54) is 12.8 Å². The van der Waals surface area contributed by atoms with Crippen LogP contribution in [0.4, 0.5) is 0 Å². The summed E-state index contributed by atoms with van der Waals surface area (Å²) in [6.45, 7) is 5.88. The maximum Gasteiger partial charge on any atom is -0.0169 e. The van der Waals surface area contributed by atoms with E-state index in [1.54, 1.807) is 0 Å². The molecule has 116 valence electrons. The number of hydrogen-bond donors (Lipinski definition) is 0. The summed E-state index contributed by atoms with van der Waals surface area (Å²) >= 11 is 0. The lowest BCUT2D eigenvalue weighted by molar-refractivity contribution is 0.867. The van der Waals surface area contributed by atoms with Crippen LogP contribution < -0.4 is 0 Å². The normalized spacial score (nSPS) is 12.8. The van der Waals surface area contributed by atoms with Crippen molar-refractivity contribution in [1.29, 1.82) is 0 Å². The summed E-state index contributed by atoms with van der Waals surface area (Å²) in [6, 6.07) is 0. The van der Waals surface area contributed by atoms with E-state index in [1.807, 2.05) is 6.08 Å². The van der Waals surface area contributed by atoms with E-state index in [0.717, 1.165) is 38.5 Å². The minimum absolute atomic E-state index is 1.04. The Hall–Kier alpha value is -1.56. The molecule has 0 spiro atoms. The molecule has 0 bridgehead atoms. The fraction of sp³-hybridized carbons (Fsp3) is 0.429. The lowest BCUT2D eigenvalue weighted by atomic mass is 10.2. The fourth-order valence-corrected chi connectivity index (χ4v) is 1.75. The second kappa shape index (κ2) is 18.4. The first-order chi connectivity index (χ1) is 10.4. The molecule has 0 unspecified atom stereocenters. The molecular formula is C21H32. The highest BCUT2D eigenvalue weighted by Gasteiger charge is 1.78. The molecule has 0 aliphatic rings. The minimum atomic E-state index is 1.04. The van der Waals surface area contributed by atoms with E-state index in [9.17, 15) is 0 Å². The van der Waals surface area contributed by atoms with E-state index in [4.69, 9.17) is 0 Å². The first kappa shape index (κ1) is 19.4. The molecule has 0 heteroatoms. The maximum absolute atomic E-state index is 3.72. The number of unbranched alkanes of at least 4 members (excludes halogenated alkanes) is 2. The standard InChI is InChI=1S/C21H32/c1-3-5-7-9-11-13-15-17-19-21-20-18-16-14-12-10-8-6-4-2/h3,6,8,11-14,17-20H,1,4-5,7,9-10,15-16,21H2,2H3/b8-6-,13-11-,14-12-,19-17-,20-18-. The van der Waals surface area contributed by atoms with Crippen molar-refractivity contribution in [2.24, 2.45) is 0 Å². The summed E-state index contributed by atoms with van der Waals surface area (Å²) in [5, 5.41) is 0. The zero-order valence-electron chi connectivity index (χ0n) is 13.7. The zero-order valence-corrected chi connectivity index (χ0v) is 13.7. The van der Waals surface area contributed by atoms with E-state index in [-0.39, 0.29) is 0 Å². The van der Waals surface area contributed by atoms with Gasteiger partial charge in [-0.25, -0.2) is 0 Å². The van der Waals surface area contributed by atoms with Gasteiger partial charge in [-0.15, -0.1) is 6.58 Å². The fourth-order valence-electron chi connectivity index (χ4n) is 1.75. The van der Waals surface area contributed by atoms with Gasteiger partial charge in [0, 0.05) is 0 Å². The highest BCUT2D eigenvalue weighted by Crippen LogP contribution is 1.99. The molecule has 0 amide bonds. The van der Waals surface area contributed by atoms with E-state index < -0.39 is 0 Å². The van der Waals surface area contributed by atoms with Crippen molar-refractivity contribution in [2.75, 3.05) is 0 Å². The quantitative estimate of drug-likeness (QED) is 0.250. The van der Waals surface area contributed by atoms with Gasteiger partial charge >= 0.3 is 0 Å². The van der Waals surface area contributed by atoms with Crippen molar-refractivity contribution in [2.45, 2.75) is 58.3 Å². The Kier molecular flexibility index (Phi) is 17.1. The van der Waals surface area contributed by atoms with Gasteiger partial charge in [-0.1, -0.05) is 73.8 Å². The van der Waals surface area contributed by atoms with Gasteiger partial charge in [-0.2, -0.15) is 0 Å². The number of rotatable bonds is 13. The van der Waals surface area contributed by atoms with Crippen molar-refractivity contribution in [3.8, 4) is 0 Å². The third-order valence-corrected chi connectivity index (χ3v) is 2.94. The van der Waals surface area contributed by atoms with Gasteiger partial charge in [0.2, 0.25) is 0 Å².